The quantitative estimate of drug-likeness (QED) is 0.754. The van der Waals surface area contributed by atoms with E-state index in [9.17, 15) is 5.11 Å². The van der Waals surface area contributed by atoms with Gasteiger partial charge in [-0.1, -0.05) is 60.7 Å². The molecule has 3 nitrogen and oxygen atoms in total. The van der Waals surface area contributed by atoms with Crippen molar-refractivity contribution in [1.82, 2.24) is 0 Å². The molecule has 3 aromatic carbocycles. The summed E-state index contributed by atoms with van der Waals surface area (Å²) in [5.41, 5.74) is 5.02. The molecule has 1 aliphatic heterocycles. The van der Waals surface area contributed by atoms with Gasteiger partial charge in [-0.15, -0.1) is 0 Å². The number of allylic oxidation sites excluding steroid dienone is 1. The Kier molecular flexibility index (Phi) is 4.46. The molecular formula is C23H20O3. The number of hydrogen-bond donors (Lipinski definition) is 1. The monoisotopic (exact) mass is 344 g/mol. The van der Waals surface area contributed by atoms with Crippen LogP contribution in [0.3, 0.4) is 0 Å². The van der Waals surface area contributed by atoms with Crippen LogP contribution in [0.2, 0.25) is 0 Å². The predicted molar refractivity (Wildman–Crippen MR) is 103 cm³/mol. The number of rotatable bonds is 4. The number of ether oxygens (including phenoxy) is 2. The number of aliphatic hydroxyl groups is 1. The fraction of sp³-hybridized carbons (Fsp3) is 0.130. The average Bonchev–Trinajstić information content (AvgIpc) is 2.69. The van der Waals surface area contributed by atoms with Gasteiger partial charge in [-0.05, 0) is 35.3 Å². The predicted octanol–water partition coefficient (Wildman–Crippen LogP) is 4.56. The van der Waals surface area contributed by atoms with Crippen LogP contribution < -0.4 is 9.47 Å². The second-order valence-corrected chi connectivity index (χ2v) is 6.25. The van der Waals surface area contributed by atoms with E-state index in [-0.39, 0.29) is 0 Å². The van der Waals surface area contributed by atoms with Gasteiger partial charge in [0.05, 0.1) is 7.11 Å². The van der Waals surface area contributed by atoms with E-state index in [2.05, 4.69) is 12.1 Å². The Morgan fingerprint density at radius 3 is 2.31 bits per heavy atom. The van der Waals surface area contributed by atoms with Gasteiger partial charge < -0.3 is 14.6 Å². The first-order valence-corrected chi connectivity index (χ1v) is 8.62. The molecular weight excluding hydrogens is 324 g/mol. The lowest BCUT2D eigenvalue weighted by Crippen LogP contribution is -2.24. The SMILES string of the molecule is COc1ccc2c(c1)OC(O)C(c1ccccc1)=C2Cc1ccccc1. The third-order valence-corrected chi connectivity index (χ3v) is 4.63. The summed E-state index contributed by atoms with van der Waals surface area (Å²) in [6.45, 7) is 0. The third kappa shape index (κ3) is 3.09. The Bertz CT molecular complexity index is 930. The zero-order chi connectivity index (χ0) is 17.9. The van der Waals surface area contributed by atoms with E-state index in [0.29, 0.717) is 17.9 Å². The van der Waals surface area contributed by atoms with Gasteiger partial charge in [0, 0.05) is 17.2 Å². The molecule has 1 heterocycles. The van der Waals surface area contributed by atoms with Crippen molar-refractivity contribution in [2.75, 3.05) is 7.11 Å². The first-order valence-electron chi connectivity index (χ1n) is 8.62. The van der Waals surface area contributed by atoms with Crippen molar-refractivity contribution < 1.29 is 14.6 Å². The Hall–Kier alpha value is -3.04. The molecule has 0 fully saturated rings. The molecule has 1 atom stereocenters. The van der Waals surface area contributed by atoms with E-state index in [4.69, 9.17) is 9.47 Å². The fourth-order valence-electron chi connectivity index (χ4n) is 3.37. The molecule has 0 bridgehead atoms. The topological polar surface area (TPSA) is 38.7 Å². The number of aliphatic hydroxyl groups excluding tert-OH is 1. The Morgan fingerprint density at radius 1 is 0.923 bits per heavy atom. The summed E-state index contributed by atoms with van der Waals surface area (Å²) in [5.74, 6) is 1.35. The van der Waals surface area contributed by atoms with Crippen molar-refractivity contribution in [3.8, 4) is 11.5 Å². The van der Waals surface area contributed by atoms with E-state index in [1.54, 1.807) is 7.11 Å². The van der Waals surface area contributed by atoms with Crippen molar-refractivity contribution in [3.05, 3.63) is 95.6 Å². The Balaban J connectivity index is 1.90. The fourth-order valence-corrected chi connectivity index (χ4v) is 3.37. The molecule has 1 aliphatic rings. The van der Waals surface area contributed by atoms with Crippen molar-refractivity contribution in [3.63, 3.8) is 0 Å². The lowest BCUT2D eigenvalue weighted by Gasteiger charge is -2.29. The standard InChI is InChI=1S/C23H20O3/c1-25-18-12-13-19-20(14-16-8-4-2-5-9-16)22(17-10-6-3-7-11-17)23(24)26-21(19)15-18/h2-13,15,23-24H,14H2,1H3. The molecule has 3 heteroatoms. The molecule has 0 aromatic heterocycles. The van der Waals surface area contributed by atoms with Crippen LogP contribution >= 0.6 is 0 Å². The van der Waals surface area contributed by atoms with Crippen molar-refractivity contribution in [2.45, 2.75) is 12.7 Å². The molecule has 1 N–H and O–H groups in total. The van der Waals surface area contributed by atoms with E-state index >= 15 is 0 Å². The molecule has 0 amide bonds. The number of benzene rings is 3. The molecule has 130 valence electrons. The molecule has 0 saturated carbocycles. The summed E-state index contributed by atoms with van der Waals surface area (Å²) in [6, 6.07) is 25.9. The summed E-state index contributed by atoms with van der Waals surface area (Å²) in [7, 11) is 1.62. The van der Waals surface area contributed by atoms with Gasteiger partial charge in [-0.25, -0.2) is 0 Å². The van der Waals surface area contributed by atoms with Gasteiger partial charge >= 0.3 is 0 Å². The van der Waals surface area contributed by atoms with Gasteiger partial charge in [-0.2, -0.15) is 0 Å². The van der Waals surface area contributed by atoms with Crippen LogP contribution in [-0.2, 0) is 6.42 Å². The van der Waals surface area contributed by atoms with Crippen LogP contribution in [0.4, 0.5) is 0 Å². The molecule has 26 heavy (non-hydrogen) atoms. The van der Waals surface area contributed by atoms with Crippen LogP contribution in [0.15, 0.2) is 78.9 Å². The van der Waals surface area contributed by atoms with Crippen LogP contribution in [0.25, 0.3) is 11.1 Å². The maximum absolute atomic E-state index is 10.8. The molecule has 3 aromatic rings. The summed E-state index contributed by atoms with van der Waals surface area (Å²) in [6.07, 6.45) is -0.305. The maximum Gasteiger partial charge on any atom is 0.225 e. The molecule has 0 radical (unpaired) electrons. The number of hydrogen-bond acceptors (Lipinski definition) is 3. The lowest BCUT2D eigenvalue weighted by atomic mass is 9.87. The highest BCUT2D eigenvalue weighted by Gasteiger charge is 2.28. The van der Waals surface area contributed by atoms with Crippen molar-refractivity contribution >= 4 is 11.1 Å². The summed E-state index contributed by atoms with van der Waals surface area (Å²) >= 11 is 0. The minimum absolute atomic E-state index is 0.641. The van der Waals surface area contributed by atoms with Gasteiger partial charge in [0.1, 0.15) is 11.5 Å². The summed E-state index contributed by atoms with van der Waals surface area (Å²) in [4.78, 5) is 0. The number of fused-ring (bicyclic) bond motifs is 1. The minimum Gasteiger partial charge on any atom is -0.497 e. The molecule has 0 aliphatic carbocycles. The van der Waals surface area contributed by atoms with E-state index < -0.39 is 6.29 Å². The van der Waals surface area contributed by atoms with Gasteiger partial charge in [0.2, 0.25) is 6.29 Å². The maximum atomic E-state index is 10.8. The average molecular weight is 344 g/mol. The summed E-state index contributed by atoms with van der Waals surface area (Å²) in [5, 5.41) is 10.8. The largest absolute Gasteiger partial charge is 0.497 e. The molecule has 4 rings (SSSR count). The second kappa shape index (κ2) is 7.06. The Labute approximate surface area is 153 Å². The zero-order valence-corrected chi connectivity index (χ0v) is 14.6. The van der Waals surface area contributed by atoms with E-state index in [0.717, 1.165) is 22.3 Å². The lowest BCUT2D eigenvalue weighted by molar-refractivity contribution is 0.0312. The zero-order valence-electron chi connectivity index (χ0n) is 14.6. The van der Waals surface area contributed by atoms with Crippen LogP contribution in [0.1, 0.15) is 16.7 Å². The highest BCUT2D eigenvalue weighted by atomic mass is 16.6. The van der Waals surface area contributed by atoms with Gasteiger partial charge in [0.15, 0.2) is 0 Å². The summed E-state index contributed by atoms with van der Waals surface area (Å²) < 4.78 is 11.1. The number of methoxy groups -OCH3 is 1. The highest BCUT2D eigenvalue weighted by molar-refractivity contribution is 5.96. The first kappa shape index (κ1) is 16.4. The van der Waals surface area contributed by atoms with Gasteiger partial charge in [-0.3, -0.25) is 0 Å². The van der Waals surface area contributed by atoms with Crippen LogP contribution in [0, 0.1) is 0 Å². The van der Waals surface area contributed by atoms with Crippen LogP contribution in [0.5, 0.6) is 11.5 Å². The smallest absolute Gasteiger partial charge is 0.225 e. The minimum atomic E-state index is -1.02. The molecule has 0 spiro atoms. The normalized spacial score (nSPS) is 16.0. The molecule has 1 unspecified atom stereocenters. The van der Waals surface area contributed by atoms with Gasteiger partial charge in [0.25, 0.3) is 0 Å². The first-order chi connectivity index (χ1) is 12.8. The van der Waals surface area contributed by atoms with Crippen molar-refractivity contribution in [2.24, 2.45) is 0 Å². The Morgan fingerprint density at radius 2 is 1.62 bits per heavy atom. The highest BCUT2D eigenvalue weighted by Crippen LogP contribution is 2.42. The third-order valence-electron chi connectivity index (χ3n) is 4.63. The van der Waals surface area contributed by atoms with E-state index in [1.807, 2.05) is 66.7 Å². The second-order valence-electron chi connectivity index (χ2n) is 6.25. The van der Waals surface area contributed by atoms with Crippen LogP contribution in [-0.4, -0.2) is 18.5 Å². The van der Waals surface area contributed by atoms with Crippen molar-refractivity contribution in [1.29, 1.82) is 0 Å². The molecule has 0 saturated heterocycles. The van der Waals surface area contributed by atoms with E-state index in [1.165, 1.54) is 5.56 Å².